The van der Waals surface area contributed by atoms with E-state index in [1.54, 1.807) is 48.8 Å². The average Bonchev–Trinajstić information content (AvgIpc) is 3.00. The second-order valence-electron chi connectivity index (χ2n) is 7.13. The molecule has 0 aliphatic carbocycles. The molecular weight excluding hydrogens is 384 g/mol. The molecule has 2 aliphatic heterocycles. The van der Waals surface area contributed by atoms with E-state index in [1.165, 1.54) is 11.8 Å². The Labute approximate surface area is 174 Å². The van der Waals surface area contributed by atoms with Crippen LogP contribution in [0.1, 0.15) is 18.1 Å². The van der Waals surface area contributed by atoms with E-state index in [1.807, 2.05) is 4.90 Å². The Bertz CT molecular complexity index is 996. The van der Waals surface area contributed by atoms with Crippen LogP contribution in [0.4, 0.5) is 5.69 Å². The fraction of sp³-hybridized carbons (Fsp3) is 0.273. The van der Waals surface area contributed by atoms with E-state index in [0.29, 0.717) is 48.8 Å². The number of carbonyl (C=O) groups excluding carboxylic acids is 3. The van der Waals surface area contributed by atoms with Crippen LogP contribution in [-0.2, 0) is 25.7 Å². The molecule has 0 saturated carbocycles. The van der Waals surface area contributed by atoms with Gasteiger partial charge in [0.05, 0.1) is 25.3 Å². The molecule has 4 rings (SSSR count). The maximum absolute atomic E-state index is 13.3. The van der Waals surface area contributed by atoms with Crippen LogP contribution in [0.15, 0.2) is 54.5 Å². The van der Waals surface area contributed by atoms with Crippen molar-refractivity contribution in [3.05, 3.63) is 65.6 Å². The minimum Gasteiger partial charge on any atom is -0.378 e. The summed E-state index contributed by atoms with van der Waals surface area (Å²) >= 11 is 0. The molecule has 30 heavy (non-hydrogen) atoms. The molecule has 1 N–H and O–H groups in total. The lowest BCUT2D eigenvalue weighted by molar-refractivity contribution is -0.138. The number of pyridine rings is 1. The first-order valence-corrected chi connectivity index (χ1v) is 9.74. The van der Waals surface area contributed by atoms with Crippen molar-refractivity contribution in [2.75, 3.05) is 31.6 Å². The van der Waals surface area contributed by atoms with E-state index in [0.717, 1.165) is 5.56 Å². The molecule has 0 atom stereocenters. The Morgan fingerprint density at radius 1 is 1.03 bits per heavy atom. The molecule has 2 aliphatic rings. The summed E-state index contributed by atoms with van der Waals surface area (Å²) in [6.45, 7) is 3.72. The van der Waals surface area contributed by atoms with Gasteiger partial charge in [0, 0.05) is 38.1 Å². The molecule has 0 unspecified atom stereocenters. The van der Waals surface area contributed by atoms with Gasteiger partial charge in [0.2, 0.25) is 5.91 Å². The summed E-state index contributed by atoms with van der Waals surface area (Å²) in [4.78, 5) is 45.1. The average molecular weight is 406 g/mol. The fourth-order valence-electron chi connectivity index (χ4n) is 3.64. The number of hydrogen-bond donors (Lipinski definition) is 1. The fourth-order valence-corrected chi connectivity index (χ4v) is 3.64. The highest BCUT2D eigenvalue weighted by Gasteiger charge is 2.41. The van der Waals surface area contributed by atoms with Gasteiger partial charge < -0.3 is 15.0 Å². The van der Waals surface area contributed by atoms with Crippen molar-refractivity contribution in [1.82, 2.24) is 14.8 Å². The Balaban J connectivity index is 1.70. The number of benzene rings is 1. The van der Waals surface area contributed by atoms with E-state index in [-0.39, 0.29) is 24.3 Å². The number of ether oxygens (including phenoxy) is 1. The molecule has 1 aromatic carbocycles. The van der Waals surface area contributed by atoms with Gasteiger partial charge in [-0.1, -0.05) is 12.1 Å². The molecule has 8 heteroatoms. The second kappa shape index (κ2) is 8.46. The van der Waals surface area contributed by atoms with Gasteiger partial charge in [-0.3, -0.25) is 24.3 Å². The Morgan fingerprint density at radius 2 is 1.70 bits per heavy atom. The molecule has 8 nitrogen and oxygen atoms in total. The van der Waals surface area contributed by atoms with Gasteiger partial charge in [0.1, 0.15) is 5.70 Å². The Morgan fingerprint density at radius 3 is 2.33 bits per heavy atom. The van der Waals surface area contributed by atoms with Crippen molar-refractivity contribution in [2.24, 2.45) is 0 Å². The lowest BCUT2D eigenvalue weighted by atomic mass is 10.0. The zero-order chi connectivity index (χ0) is 21.1. The molecule has 2 aromatic rings. The number of rotatable bonds is 5. The van der Waals surface area contributed by atoms with E-state index in [4.69, 9.17) is 4.74 Å². The number of anilines is 1. The van der Waals surface area contributed by atoms with Crippen molar-refractivity contribution in [1.29, 1.82) is 0 Å². The first kappa shape index (κ1) is 19.8. The lowest BCUT2D eigenvalue weighted by Gasteiger charge is -2.29. The van der Waals surface area contributed by atoms with Crippen molar-refractivity contribution in [2.45, 2.75) is 13.5 Å². The molecule has 1 saturated heterocycles. The van der Waals surface area contributed by atoms with Gasteiger partial charge in [-0.15, -0.1) is 0 Å². The van der Waals surface area contributed by atoms with Crippen LogP contribution < -0.4 is 5.32 Å². The highest BCUT2D eigenvalue weighted by atomic mass is 16.5. The molecule has 0 spiro atoms. The summed E-state index contributed by atoms with van der Waals surface area (Å²) in [5, 5.41) is 2.71. The summed E-state index contributed by atoms with van der Waals surface area (Å²) in [7, 11) is 0. The number of imide groups is 1. The molecule has 154 valence electrons. The topological polar surface area (TPSA) is 91.8 Å². The normalized spacial score (nSPS) is 17.0. The van der Waals surface area contributed by atoms with Crippen molar-refractivity contribution >= 4 is 29.0 Å². The molecule has 3 amide bonds. The molecule has 1 fully saturated rings. The third-order valence-corrected chi connectivity index (χ3v) is 5.05. The summed E-state index contributed by atoms with van der Waals surface area (Å²) in [5.41, 5.74) is 2.89. The van der Waals surface area contributed by atoms with Crippen molar-refractivity contribution in [3.63, 3.8) is 0 Å². The number of hydrogen-bond acceptors (Lipinski definition) is 6. The van der Waals surface area contributed by atoms with E-state index >= 15 is 0 Å². The highest BCUT2D eigenvalue weighted by molar-refractivity contribution is 6.35. The minimum absolute atomic E-state index is 0.174. The number of aromatic nitrogens is 1. The quantitative estimate of drug-likeness (QED) is 0.760. The molecular formula is C22H22N4O4. The van der Waals surface area contributed by atoms with Crippen LogP contribution in [-0.4, -0.2) is 58.8 Å². The SMILES string of the molecule is CC(=O)Nc1ccc(C2=C(N3CCOCC3)C(=O)N(Cc3ccncc3)C2=O)cc1. The van der Waals surface area contributed by atoms with Gasteiger partial charge in [0.25, 0.3) is 11.8 Å². The maximum Gasteiger partial charge on any atom is 0.278 e. The zero-order valence-electron chi connectivity index (χ0n) is 16.6. The first-order valence-electron chi connectivity index (χ1n) is 9.74. The predicted molar refractivity (Wildman–Crippen MR) is 110 cm³/mol. The summed E-state index contributed by atoms with van der Waals surface area (Å²) in [6, 6.07) is 10.5. The number of nitrogens with one attached hydrogen (secondary N) is 1. The number of morpholine rings is 1. The molecule has 1 aromatic heterocycles. The lowest BCUT2D eigenvalue weighted by Crippen LogP contribution is -2.40. The van der Waals surface area contributed by atoms with Crippen LogP contribution in [0.25, 0.3) is 5.57 Å². The summed E-state index contributed by atoms with van der Waals surface area (Å²) in [5.74, 6) is -0.808. The second-order valence-corrected chi connectivity index (χ2v) is 7.13. The molecule has 0 bridgehead atoms. The van der Waals surface area contributed by atoms with Crippen LogP contribution in [0.2, 0.25) is 0 Å². The van der Waals surface area contributed by atoms with Gasteiger partial charge in [-0.05, 0) is 35.4 Å². The Kier molecular flexibility index (Phi) is 5.58. The van der Waals surface area contributed by atoms with Crippen molar-refractivity contribution < 1.29 is 19.1 Å². The first-order chi connectivity index (χ1) is 14.5. The Hall–Kier alpha value is -3.52. The smallest absolute Gasteiger partial charge is 0.278 e. The summed E-state index contributed by atoms with van der Waals surface area (Å²) in [6.07, 6.45) is 3.27. The van der Waals surface area contributed by atoms with E-state index in [9.17, 15) is 14.4 Å². The molecule has 0 radical (unpaired) electrons. The minimum atomic E-state index is -0.328. The number of nitrogens with zero attached hydrogens (tertiary/aromatic N) is 3. The van der Waals surface area contributed by atoms with E-state index < -0.39 is 0 Å². The maximum atomic E-state index is 13.3. The monoisotopic (exact) mass is 406 g/mol. The number of carbonyl (C=O) groups is 3. The molecule has 3 heterocycles. The summed E-state index contributed by atoms with van der Waals surface area (Å²) < 4.78 is 5.42. The van der Waals surface area contributed by atoms with Crippen LogP contribution >= 0.6 is 0 Å². The van der Waals surface area contributed by atoms with Gasteiger partial charge in [0.15, 0.2) is 0 Å². The van der Waals surface area contributed by atoms with Gasteiger partial charge in [-0.2, -0.15) is 0 Å². The predicted octanol–water partition coefficient (Wildman–Crippen LogP) is 1.65. The van der Waals surface area contributed by atoms with E-state index in [2.05, 4.69) is 10.3 Å². The van der Waals surface area contributed by atoms with Crippen LogP contribution in [0.3, 0.4) is 0 Å². The third-order valence-electron chi connectivity index (χ3n) is 5.05. The number of amides is 3. The third kappa shape index (κ3) is 3.95. The van der Waals surface area contributed by atoms with Crippen LogP contribution in [0.5, 0.6) is 0 Å². The van der Waals surface area contributed by atoms with Crippen LogP contribution in [0, 0.1) is 0 Å². The largest absolute Gasteiger partial charge is 0.378 e. The van der Waals surface area contributed by atoms with Crippen molar-refractivity contribution in [3.8, 4) is 0 Å². The van der Waals surface area contributed by atoms with Gasteiger partial charge in [-0.25, -0.2) is 0 Å². The zero-order valence-corrected chi connectivity index (χ0v) is 16.6. The highest BCUT2D eigenvalue weighted by Crippen LogP contribution is 2.33. The standard InChI is InChI=1S/C22H22N4O4/c1-15(27)24-18-4-2-17(3-5-18)19-20(25-10-12-30-13-11-25)22(29)26(21(19)28)14-16-6-8-23-9-7-16/h2-9H,10-14H2,1H3,(H,24,27). The van der Waals surface area contributed by atoms with Gasteiger partial charge >= 0.3 is 0 Å².